The molecule has 3 nitrogen and oxygen atoms in total. The van der Waals surface area contributed by atoms with Crippen molar-refractivity contribution < 1.29 is 4.74 Å². The molecule has 18 heavy (non-hydrogen) atoms. The fourth-order valence-electron chi connectivity index (χ4n) is 2.62. The van der Waals surface area contributed by atoms with Gasteiger partial charge in [-0.1, -0.05) is 0 Å². The van der Waals surface area contributed by atoms with Gasteiger partial charge in [-0.05, 0) is 59.2 Å². The Morgan fingerprint density at radius 3 is 3.11 bits per heavy atom. The van der Waals surface area contributed by atoms with Crippen LogP contribution in [-0.4, -0.2) is 37.2 Å². The van der Waals surface area contributed by atoms with Crippen molar-refractivity contribution in [2.75, 3.05) is 26.2 Å². The van der Waals surface area contributed by atoms with E-state index in [0.29, 0.717) is 18.7 Å². The maximum Gasteiger partial charge on any atom is 0.0702 e. The zero-order valence-corrected chi connectivity index (χ0v) is 13.2. The molecule has 2 heterocycles. The van der Waals surface area contributed by atoms with Gasteiger partial charge in [-0.15, -0.1) is 11.3 Å². The second-order valence-corrected chi connectivity index (χ2v) is 6.94. The van der Waals surface area contributed by atoms with E-state index in [0.717, 1.165) is 19.7 Å². The van der Waals surface area contributed by atoms with Gasteiger partial charge >= 0.3 is 0 Å². The zero-order chi connectivity index (χ0) is 13.0. The van der Waals surface area contributed by atoms with Crippen LogP contribution < -0.4 is 5.73 Å². The molecule has 1 saturated heterocycles. The average Bonchev–Trinajstić information content (AvgIpc) is 2.78. The van der Waals surface area contributed by atoms with Crippen molar-refractivity contribution >= 4 is 27.3 Å². The van der Waals surface area contributed by atoms with E-state index in [2.05, 4.69) is 39.2 Å². The number of hydrogen-bond donors (Lipinski definition) is 1. The van der Waals surface area contributed by atoms with Gasteiger partial charge in [-0.3, -0.25) is 4.90 Å². The van der Waals surface area contributed by atoms with Crippen LogP contribution in [0, 0.1) is 0 Å². The Hall–Kier alpha value is 0.0600. The summed E-state index contributed by atoms with van der Waals surface area (Å²) in [6.07, 6.45) is 2.75. The molecule has 1 aromatic rings. The minimum atomic E-state index is 0.329. The fourth-order valence-corrected chi connectivity index (χ4v) is 3.84. The summed E-state index contributed by atoms with van der Waals surface area (Å²) in [4.78, 5) is 2.47. The van der Waals surface area contributed by atoms with Crippen LogP contribution in [0.4, 0.5) is 0 Å². The molecule has 1 aliphatic rings. The first-order valence-corrected chi connectivity index (χ1v) is 8.21. The largest absolute Gasteiger partial charge is 0.377 e. The van der Waals surface area contributed by atoms with Gasteiger partial charge in [-0.2, -0.15) is 0 Å². The molecule has 0 aromatic carbocycles. The minimum Gasteiger partial charge on any atom is -0.377 e. The van der Waals surface area contributed by atoms with Crippen molar-refractivity contribution in [2.24, 2.45) is 5.73 Å². The molecular weight excluding hydrogens is 312 g/mol. The van der Waals surface area contributed by atoms with E-state index < -0.39 is 0 Å². The maximum atomic E-state index is 5.97. The second-order valence-electron chi connectivity index (χ2n) is 4.65. The van der Waals surface area contributed by atoms with Crippen molar-refractivity contribution in [2.45, 2.75) is 31.9 Å². The number of ether oxygens (including phenoxy) is 1. The normalized spacial score (nSPS) is 23.2. The molecule has 2 N–H and O–H groups in total. The van der Waals surface area contributed by atoms with E-state index in [4.69, 9.17) is 10.5 Å². The van der Waals surface area contributed by atoms with E-state index in [1.165, 1.54) is 22.2 Å². The Kier molecular flexibility index (Phi) is 5.63. The molecule has 102 valence electrons. The first-order chi connectivity index (χ1) is 8.74. The Labute approximate surface area is 121 Å². The molecule has 2 atom stereocenters. The lowest BCUT2D eigenvalue weighted by Crippen LogP contribution is -2.43. The second kappa shape index (κ2) is 7.01. The molecular formula is C13H21BrN2OS. The van der Waals surface area contributed by atoms with Crippen LogP contribution in [0.25, 0.3) is 0 Å². The highest BCUT2D eigenvalue weighted by molar-refractivity contribution is 9.11. The summed E-state index contributed by atoms with van der Waals surface area (Å²) in [7, 11) is 0. The van der Waals surface area contributed by atoms with Gasteiger partial charge in [0.25, 0.3) is 0 Å². The lowest BCUT2D eigenvalue weighted by molar-refractivity contribution is -0.00654. The molecule has 5 heteroatoms. The van der Waals surface area contributed by atoms with Gasteiger partial charge in [0.05, 0.1) is 9.89 Å². The van der Waals surface area contributed by atoms with Gasteiger partial charge in [0.2, 0.25) is 0 Å². The third-order valence-corrected chi connectivity index (χ3v) is 4.97. The molecule has 0 bridgehead atoms. The summed E-state index contributed by atoms with van der Waals surface area (Å²) >= 11 is 5.25. The van der Waals surface area contributed by atoms with Crippen LogP contribution in [-0.2, 0) is 4.74 Å². The van der Waals surface area contributed by atoms with Gasteiger partial charge < -0.3 is 10.5 Å². The van der Waals surface area contributed by atoms with Crippen molar-refractivity contribution in [3.8, 4) is 0 Å². The van der Waals surface area contributed by atoms with Crippen molar-refractivity contribution in [1.29, 1.82) is 0 Å². The zero-order valence-electron chi connectivity index (χ0n) is 10.8. The number of nitrogens with zero attached hydrogens (tertiary/aromatic N) is 1. The van der Waals surface area contributed by atoms with Gasteiger partial charge in [0.15, 0.2) is 0 Å². The molecule has 0 saturated carbocycles. The van der Waals surface area contributed by atoms with Crippen molar-refractivity contribution in [3.05, 3.63) is 20.8 Å². The van der Waals surface area contributed by atoms with Crippen molar-refractivity contribution in [3.63, 3.8) is 0 Å². The summed E-state index contributed by atoms with van der Waals surface area (Å²) in [5.41, 5.74) is 7.30. The molecule has 0 aliphatic carbocycles. The van der Waals surface area contributed by atoms with E-state index >= 15 is 0 Å². The standard InChI is InChI=1S/C13H21BrN2OS/c1-2-17-11-4-3-5-16(8-11)12(7-15)10-6-13(14)18-9-10/h6,9,11-12H,2-5,7-8,15H2,1H3. The first-order valence-electron chi connectivity index (χ1n) is 6.54. The molecule has 1 aliphatic heterocycles. The smallest absolute Gasteiger partial charge is 0.0702 e. The highest BCUT2D eigenvalue weighted by atomic mass is 79.9. The maximum absolute atomic E-state index is 5.97. The monoisotopic (exact) mass is 332 g/mol. The van der Waals surface area contributed by atoms with Crippen LogP contribution >= 0.6 is 27.3 Å². The molecule has 1 aromatic heterocycles. The third-order valence-electron chi connectivity index (χ3n) is 3.45. The summed E-state index contributed by atoms with van der Waals surface area (Å²) in [5.74, 6) is 0. The number of rotatable bonds is 5. The number of halogens is 1. The number of hydrogen-bond acceptors (Lipinski definition) is 4. The number of likely N-dealkylation sites (tertiary alicyclic amines) is 1. The lowest BCUT2D eigenvalue weighted by Gasteiger charge is -2.37. The van der Waals surface area contributed by atoms with E-state index in [-0.39, 0.29) is 0 Å². The first kappa shape index (κ1) is 14.5. The number of thiophene rings is 1. The summed E-state index contributed by atoms with van der Waals surface area (Å²) in [6, 6.07) is 2.52. The van der Waals surface area contributed by atoms with Gasteiger partial charge in [0, 0.05) is 25.7 Å². The van der Waals surface area contributed by atoms with Crippen molar-refractivity contribution in [1.82, 2.24) is 4.90 Å². The predicted molar refractivity (Wildman–Crippen MR) is 80.0 cm³/mol. The number of piperidine rings is 1. The molecule has 0 spiro atoms. The van der Waals surface area contributed by atoms with E-state index in [1.807, 2.05) is 0 Å². The van der Waals surface area contributed by atoms with Crippen LogP contribution in [0.1, 0.15) is 31.4 Å². The summed E-state index contributed by atoms with van der Waals surface area (Å²) in [6.45, 7) is 5.66. The summed E-state index contributed by atoms with van der Waals surface area (Å²) < 4.78 is 6.93. The molecule has 0 radical (unpaired) electrons. The fraction of sp³-hybridized carbons (Fsp3) is 0.692. The van der Waals surface area contributed by atoms with Crippen LogP contribution in [0.3, 0.4) is 0 Å². The molecule has 0 amide bonds. The topological polar surface area (TPSA) is 38.5 Å². The van der Waals surface area contributed by atoms with Crippen LogP contribution in [0.2, 0.25) is 0 Å². The molecule has 1 fully saturated rings. The Balaban J connectivity index is 2.03. The van der Waals surface area contributed by atoms with E-state index in [1.54, 1.807) is 11.3 Å². The molecule has 2 rings (SSSR count). The Bertz CT molecular complexity index is 370. The Morgan fingerprint density at radius 2 is 2.50 bits per heavy atom. The predicted octanol–water partition coefficient (Wildman–Crippen LogP) is 3.01. The average molecular weight is 333 g/mol. The highest BCUT2D eigenvalue weighted by Gasteiger charge is 2.26. The molecule has 2 unspecified atom stereocenters. The third kappa shape index (κ3) is 3.54. The van der Waals surface area contributed by atoms with Crippen LogP contribution in [0.15, 0.2) is 15.2 Å². The SMILES string of the molecule is CCOC1CCCN(C(CN)c2csc(Br)c2)C1. The van der Waals surface area contributed by atoms with Crippen LogP contribution in [0.5, 0.6) is 0 Å². The summed E-state index contributed by atoms with van der Waals surface area (Å²) in [5, 5.41) is 2.20. The quantitative estimate of drug-likeness (QED) is 0.900. The lowest BCUT2D eigenvalue weighted by atomic mass is 10.0. The Morgan fingerprint density at radius 1 is 1.67 bits per heavy atom. The van der Waals surface area contributed by atoms with Gasteiger partial charge in [-0.25, -0.2) is 0 Å². The highest BCUT2D eigenvalue weighted by Crippen LogP contribution is 2.30. The number of nitrogens with two attached hydrogens (primary N) is 1. The van der Waals surface area contributed by atoms with E-state index in [9.17, 15) is 0 Å². The minimum absolute atomic E-state index is 0.329. The van der Waals surface area contributed by atoms with Gasteiger partial charge in [0.1, 0.15) is 0 Å².